The fourth-order valence-electron chi connectivity index (χ4n) is 0.951. The minimum atomic E-state index is -0.438. The highest BCUT2D eigenvalue weighted by molar-refractivity contribution is 5.45. The maximum Gasteiger partial charge on any atom is 0.277 e. The molecule has 0 aliphatic heterocycles. The predicted molar refractivity (Wildman–Crippen MR) is 45.8 cm³/mol. The van der Waals surface area contributed by atoms with Crippen LogP contribution in [0.3, 0.4) is 0 Å². The van der Waals surface area contributed by atoms with E-state index in [2.05, 4.69) is 12.7 Å². The summed E-state index contributed by atoms with van der Waals surface area (Å²) in [6.07, 6.45) is 2.53. The standard InChI is InChI=1S/C9H8NO2/c1-3-8-6-7(2)4-5-9(8)10(11)12/h4-6H,1H2,2H3. The molecule has 0 heterocycles. The quantitative estimate of drug-likeness (QED) is 0.494. The van der Waals surface area contributed by atoms with Crippen molar-refractivity contribution in [3.8, 4) is 0 Å². The Hall–Kier alpha value is -1.64. The zero-order chi connectivity index (χ0) is 9.14. The first kappa shape index (κ1) is 8.46. The van der Waals surface area contributed by atoms with E-state index in [0.29, 0.717) is 5.56 Å². The van der Waals surface area contributed by atoms with Crippen molar-refractivity contribution in [1.82, 2.24) is 0 Å². The third kappa shape index (κ3) is 1.50. The summed E-state index contributed by atoms with van der Waals surface area (Å²) in [6, 6.07) is 4.84. The Labute approximate surface area is 70.5 Å². The summed E-state index contributed by atoms with van der Waals surface area (Å²) in [5.74, 6) is 0. The van der Waals surface area contributed by atoms with E-state index in [0.717, 1.165) is 5.56 Å². The second-order valence-corrected chi connectivity index (χ2v) is 2.45. The van der Waals surface area contributed by atoms with E-state index in [1.165, 1.54) is 6.07 Å². The SMILES string of the molecule is C=[C]c1cc(C)ccc1[N+](=O)[O-]. The third-order valence-corrected chi connectivity index (χ3v) is 1.54. The molecule has 1 rings (SSSR count). The van der Waals surface area contributed by atoms with Gasteiger partial charge in [-0.15, -0.1) is 0 Å². The maximum atomic E-state index is 10.4. The molecule has 0 aliphatic carbocycles. The summed E-state index contributed by atoms with van der Waals surface area (Å²) < 4.78 is 0. The summed E-state index contributed by atoms with van der Waals surface area (Å²) in [5, 5.41) is 10.4. The summed E-state index contributed by atoms with van der Waals surface area (Å²) in [5.41, 5.74) is 1.46. The van der Waals surface area contributed by atoms with Crippen molar-refractivity contribution in [3.05, 3.63) is 52.1 Å². The number of nitro groups is 1. The molecule has 0 spiro atoms. The molecule has 12 heavy (non-hydrogen) atoms. The lowest BCUT2D eigenvalue weighted by Crippen LogP contribution is -1.92. The monoisotopic (exact) mass is 162 g/mol. The van der Waals surface area contributed by atoms with Crippen molar-refractivity contribution in [2.75, 3.05) is 0 Å². The second kappa shape index (κ2) is 3.17. The molecule has 1 radical (unpaired) electrons. The van der Waals surface area contributed by atoms with Gasteiger partial charge in [0.05, 0.1) is 10.5 Å². The van der Waals surface area contributed by atoms with Crippen LogP contribution in [0.25, 0.3) is 0 Å². The van der Waals surface area contributed by atoms with Gasteiger partial charge in [-0.25, -0.2) is 0 Å². The topological polar surface area (TPSA) is 43.1 Å². The van der Waals surface area contributed by atoms with Crippen LogP contribution in [0, 0.1) is 23.1 Å². The Morgan fingerprint density at radius 3 is 2.75 bits per heavy atom. The van der Waals surface area contributed by atoms with Crippen molar-refractivity contribution >= 4 is 5.69 Å². The molecular formula is C9H8NO2. The fraction of sp³-hybridized carbons (Fsp3) is 0.111. The molecule has 1 aromatic carbocycles. The molecule has 0 saturated carbocycles. The van der Waals surface area contributed by atoms with Crippen LogP contribution in [0.2, 0.25) is 0 Å². The molecular weight excluding hydrogens is 154 g/mol. The first-order valence-corrected chi connectivity index (χ1v) is 3.43. The van der Waals surface area contributed by atoms with Crippen molar-refractivity contribution in [2.24, 2.45) is 0 Å². The Morgan fingerprint density at radius 1 is 1.58 bits per heavy atom. The summed E-state index contributed by atoms with van der Waals surface area (Å²) >= 11 is 0. The third-order valence-electron chi connectivity index (χ3n) is 1.54. The molecule has 3 heteroatoms. The van der Waals surface area contributed by atoms with Gasteiger partial charge < -0.3 is 0 Å². The van der Waals surface area contributed by atoms with Crippen LogP contribution in [-0.2, 0) is 0 Å². The van der Waals surface area contributed by atoms with E-state index in [1.54, 1.807) is 12.1 Å². The molecule has 0 fully saturated rings. The van der Waals surface area contributed by atoms with Gasteiger partial charge in [-0.05, 0) is 19.1 Å². The van der Waals surface area contributed by atoms with Crippen LogP contribution >= 0.6 is 0 Å². The number of nitrogens with zero attached hydrogens (tertiary/aromatic N) is 1. The highest BCUT2D eigenvalue weighted by Crippen LogP contribution is 2.18. The van der Waals surface area contributed by atoms with E-state index in [9.17, 15) is 10.1 Å². The van der Waals surface area contributed by atoms with Crippen molar-refractivity contribution < 1.29 is 4.92 Å². The van der Waals surface area contributed by atoms with E-state index in [1.807, 2.05) is 6.92 Å². The van der Waals surface area contributed by atoms with Crippen LogP contribution < -0.4 is 0 Å². The molecule has 0 amide bonds. The second-order valence-electron chi connectivity index (χ2n) is 2.45. The summed E-state index contributed by atoms with van der Waals surface area (Å²) in [4.78, 5) is 9.99. The highest BCUT2D eigenvalue weighted by Gasteiger charge is 2.09. The minimum absolute atomic E-state index is 0.0515. The molecule has 0 bridgehead atoms. The number of hydrogen-bond acceptors (Lipinski definition) is 2. The number of nitro benzene ring substituents is 1. The fourth-order valence-corrected chi connectivity index (χ4v) is 0.951. The van der Waals surface area contributed by atoms with Gasteiger partial charge in [0.25, 0.3) is 5.69 Å². The first-order chi connectivity index (χ1) is 5.65. The normalized spacial score (nSPS) is 9.42. The van der Waals surface area contributed by atoms with Gasteiger partial charge >= 0.3 is 0 Å². The lowest BCUT2D eigenvalue weighted by Gasteiger charge is -1.97. The van der Waals surface area contributed by atoms with Gasteiger partial charge in [0.2, 0.25) is 0 Å². The molecule has 61 valence electrons. The molecule has 0 atom stereocenters. The molecule has 0 aliphatic rings. The molecule has 1 aromatic rings. The molecule has 0 aromatic heterocycles. The number of benzene rings is 1. The average molecular weight is 162 g/mol. The number of aryl methyl sites for hydroxylation is 1. The van der Waals surface area contributed by atoms with Crippen molar-refractivity contribution in [3.63, 3.8) is 0 Å². The molecule has 0 N–H and O–H groups in total. The lowest BCUT2D eigenvalue weighted by atomic mass is 10.1. The predicted octanol–water partition coefficient (Wildman–Crippen LogP) is 2.24. The first-order valence-electron chi connectivity index (χ1n) is 3.43. The Morgan fingerprint density at radius 2 is 2.25 bits per heavy atom. The van der Waals surface area contributed by atoms with Crippen LogP contribution in [0.1, 0.15) is 11.1 Å². The zero-order valence-corrected chi connectivity index (χ0v) is 6.70. The Bertz CT molecular complexity index is 331. The van der Waals surface area contributed by atoms with Crippen LogP contribution in [0.4, 0.5) is 5.69 Å². The summed E-state index contributed by atoms with van der Waals surface area (Å²) in [7, 11) is 0. The van der Waals surface area contributed by atoms with Crippen molar-refractivity contribution in [2.45, 2.75) is 6.92 Å². The Kier molecular flexibility index (Phi) is 2.24. The van der Waals surface area contributed by atoms with Crippen LogP contribution in [-0.4, -0.2) is 4.92 Å². The summed E-state index contributed by atoms with van der Waals surface area (Å²) in [6.45, 7) is 5.25. The molecule has 3 nitrogen and oxygen atoms in total. The van der Waals surface area contributed by atoms with Crippen LogP contribution in [0.15, 0.2) is 24.8 Å². The average Bonchev–Trinajstić information content (AvgIpc) is 2.03. The number of rotatable bonds is 2. The van der Waals surface area contributed by atoms with E-state index in [4.69, 9.17) is 0 Å². The van der Waals surface area contributed by atoms with Gasteiger partial charge in [0.15, 0.2) is 0 Å². The van der Waals surface area contributed by atoms with Gasteiger partial charge in [0.1, 0.15) is 0 Å². The van der Waals surface area contributed by atoms with E-state index >= 15 is 0 Å². The van der Waals surface area contributed by atoms with Gasteiger partial charge in [-0.2, -0.15) is 0 Å². The largest absolute Gasteiger partial charge is 0.277 e. The van der Waals surface area contributed by atoms with Gasteiger partial charge in [0, 0.05) is 6.07 Å². The number of hydrogen-bond donors (Lipinski definition) is 0. The maximum absolute atomic E-state index is 10.4. The van der Waals surface area contributed by atoms with E-state index < -0.39 is 4.92 Å². The van der Waals surface area contributed by atoms with E-state index in [-0.39, 0.29) is 5.69 Å². The lowest BCUT2D eigenvalue weighted by molar-refractivity contribution is -0.385. The van der Waals surface area contributed by atoms with Gasteiger partial charge in [-0.3, -0.25) is 10.1 Å². The minimum Gasteiger partial charge on any atom is -0.258 e. The Balaban J connectivity index is 3.29. The zero-order valence-electron chi connectivity index (χ0n) is 6.70. The highest BCUT2D eigenvalue weighted by atomic mass is 16.6. The smallest absolute Gasteiger partial charge is 0.258 e. The molecule has 0 saturated heterocycles. The van der Waals surface area contributed by atoms with Crippen LogP contribution in [0.5, 0.6) is 0 Å². The van der Waals surface area contributed by atoms with Gasteiger partial charge in [-0.1, -0.05) is 18.2 Å². The molecule has 0 unspecified atom stereocenters. The van der Waals surface area contributed by atoms with Crippen molar-refractivity contribution in [1.29, 1.82) is 0 Å².